The first kappa shape index (κ1) is 17.0. The summed E-state index contributed by atoms with van der Waals surface area (Å²) in [6.45, 7) is 0. The maximum absolute atomic E-state index is 11.4. The van der Waals surface area contributed by atoms with Crippen LogP contribution in [0.3, 0.4) is 0 Å². The van der Waals surface area contributed by atoms with Gasteiger partial charge in [-0.3, -0.25) is 19.8 Å². The highest BCUT2D eigenvalue weighted by molar-refractivity contribution is 6.39. The number of hydrogen-bond donors (Lipinski definition) is 4. The van der Waals surface area contributed by atoms with Crippen molar-refractivity contribution < 1.29 is 19.5 Å². The standard InChI is InChI=1S/C16H21N3O4/c17-19-16(23)15(22)18-13-7-5-12(6-8-13)11-3-1-10(2-4-11)9-14(20)21/h5-8,10-11H,1-4,9,17H2,(H,18,22)(H,19,23)(H,20,21)/t10-,11-. The minimum atomic E-state index is -0.897. The molecule has 1 aliphatic rings. The number of benzene rings is 1. The third kappa shape index (κ3) is 4.79. The molecule has 1 fully saturated rings. The van der Waals surface area contributed by atoms with E-state index in [9.17, 15) is 14.4 Å². The third-order valence-corrected chi connectivity index (χ3v) is 4.29. The summed E-state index contributed by atoms with van der Waals surface area (Å²) >= 11 is 0. The number of nitrogens with one attached hydrogen (secondary N) is 2. The molecule has 124 valence electrons. The summed E-state index contributed by atoms with van der Waals surface area (Å²) in [6.07, 6.45) is 4.04. The fourth-order valence-corrected chi connectivity index (χ4v) is 3.04. The number of anilines is 1. The van der Waals surface area contributed by atoms with Gasteiger partial charge in [-0.25, -0.2) is 5.84 Å². The van der Waals surface area contributed by atoms with Crippen LogP contribution in [-0.2, 0) is 14.4 Å². The topological polar surface area (TPSA) is 122 Å². The summed E-state index contributed by atoms with van der Waals surface area (Å²) in [5.41, 5.74) is 3.47. The lowest BCUT2D eigenvalue weighted by Crippen LogP contribution is -2.39. The molecular weight excluding hydrogens is 298 g/mol. The van der Waals surface area contributed by atoms with E-state index in [1.54, 1.807) is 17.6 Å². The van der Waals surface area contributed by atoms with E-state index in [0.29, 0.717) is 11.6 Å². The van der Waals surface area contributed by atoms with Gasteiger partial charge in [0.1, 0.15) is 0 Å². The summed E-state index contributed by atoms with van der Waals surface area (Å²) < 4.78 is 0. The molecule has 1 aromatic rings. The van der Waals surface area contributed by atoms with Crippen LogP contribution in [0.2, 0.25) is 0 Å². The van der Waals surface area contributed by atoms with Crippen LogP contribution < -0.4 is 16.6 Å². The maximum atomic E-state index is 11.4. The zero-order valence-electron chi connectivity index (χ0n) is 12.7. The molecule has 0 saturated heterocycles. The van der Waals surface area contributed by atoms with Gasteiger partial charge >= 0.3 is 17.8 Å². The Kier molecular flexibility index (Phi) is 5.70. The normalized spacial score (nSPS) is 20.6. The predicted molar refractivity (Wildman–Crippen MR) is 84.4 cm³/mol. The van der Waals surface area contributed by atoms with Gasteiger partial charge in [0.25, 0.3) is 0 Å². The lowest BCUT2D eigenvalue weighted by atomic mass is 9.77. The SMILES string of the molecule is NNC(=O)C(=O)Nc1ccc([C@H]2CC[C@H](CC(=O)O)CC2)cc1. The number of nitrogens with two attached hydrogens (primary N) is 1. The molecule has 1 saturated carbocycles. The highest BCUT2D eigenvalue weighted by Gasteiger charge is 2.24. The number of rotatable bonds is 4. The zero-order valence-corrected chi connectivity index (χ0v) is 12.7. The van der Waals surface area contributed by atoms with Crippen LogP contribution in [0.4, 0.5) is 5.69 Å². The van der Waals surface area contributed by atoms with E-state index in [1.807, 2.05) is 12.1 Å². The number of amides is 2. The monoisotopic (exact) mass is 319 g/mol. The van der Waals surface area contributed by atoms with Gasteiger partial charge in [-0.15, -0.1) is 0 Å². The average molecular weight is 319 g/mol. The van der Waals surface area contributed by atoms with Crippen molar-refractivity contribution in [2.45, 2.75) is 38.0 Å². The van der Waals surface area contributed by atoms with Gasteiger partial charge in [0.05, 0.1) is 0 Å². The molecule has 0 radical (unpaired) electrons. The van der Waals surface area contributed by atoms with E-state index in [1.165, 1.54) is 5.56 Å². The second kappa shape index (κ2) is 7.73. The first-order chi connectivity index (χ1) is 11.0. The van der Waals surface area contributed by atoms with Crippen LogP contribution in [0, 0.1) is 5.92 Å². The summed E-state index contributed by atoms with van der Waals surface area (Å²) in [6, 6.07) is 7.36. The molecule has 0 unspecified atom stereocenters. The number of hydrazine groups is 1. The highest BCUT2D eigenvalue weighted by Crippen LogP contribution is 2.37. The highest BCUT2D eigenvalue weighted by atomic mass is 16.4. The molecule has 0 aliphatic heterocycles. The molecule has 23 heavy (non-hydrogen) atoms. The van der Waals surface area contributed by atoms with Gasteiger partial charge in [-0.2, -0.15) is 0 Å². The number of aliphatic carboxylic acids is 1. The van der Waals surface area contributed by atoms with E-state index in [4.69, 9.17) is 10.9 Å². The largest absolute Gasteiger partial charge is 0.481 e. The number of carboxylic acid groups (broad SMARTS) is 1. The molecule has 7 heteroatoms. The van der Waals surface area contributed by atoms with Crippen LogP contribution in [0.25, 0.3) is 0 Å². The van der Waals surface area contributed by atoms with E-state index < -0.39 is 17.8 Å². The Morgan fingerprint density at radius 3 is 2.17 bits per heavy atom. The molecule has 0 bridgehead atoms. The molecule has 0 atom stereocenters. The number of hydrogen-bond acceptors (Lipinski definition) is 4. The Bertz CT molecular complexity index is 577. The Hall–Kier alpha value is -2.41. The second-order valence-electron chi connectivity index (χ2n) is 5.87. The Morgan fingerprint density at radius 1 is 1.04 bits per heavy atom. The van der Waals surface area contributed by atoms with Crippen molar-refractivity contribution in [2.75, 3.05) is 5.32 Å². The fourth-order valence-electron chi connectivity index (χ4n) is 3.04. The first-order valence-corrected chi connectivity index (χ1v) is 7.63. The minimum Gasteiger partial charge on any atom is -0.481 e. The number of carboxylic acids is 1. The zero-order chi connectivity index (χ0) is 16.8. The minimum absolute atomic E-state index is 0.251. The number of carbonyl (C=O) groups is 3. The second-order valence-corrected chi connectivity index (χ2v) is 5.87. The molecule has 2 rings (SSSR count). The fraction of sp³-hybridized carbons (Fsp3) is 0.438. The van der Waals surface area contributed by atoms with Crippen LogP contribution >= 0.6 is 0 Å². The summed E-state index contributed by atoms with van der Waals surface area (Å²) in [5, 5.41) is 11.3. The van der Waals surface area contributed by atoms with E-state index in [0.717, 1.165) is 25.7 Å². The van der Waals surface area contributed by atoms with Crippen LogP contribution in [0.1, 0.15) is 43.6 Å². The van der Waals surface area contributed by atoms with Gasteiger partial charge in [-0.05, 0) is 55.2 Å². The van der Waals surface area contributed by atoms with Crippen molar-refractivity contribution in [1.82, 2.24) is 5.43 Å². The summed E-state index contributed by atoms with van der Waals surface area (Å²) in [4.78, 5) is 33.2. The molecule has 1 aromatic carbocycles. The molecule has 0 aromatic heterocycles. The van der Waals surface area contributed by atoms with Gasteiger partial charge in [0.15, 0.2) is 0 Å². The van der Waals surface area contributed by atoms with Gasteiger partial charge in [0.2, 0.25) is 0 Å². The summed E-state index contributed by atoms with van der Waals surface area (Å²) in [5.74, 6) is 3.15. The Labute approximate surface area is 134 Å². The van der Waals surface area contributed by atoms with Gasteiger partial charge in [0, 0.05) is 12.1 Å². The lowest BCUT2D eigenvalue weighted by Gasteiger charge is -2.28. The van der Waals surface area contributed by atoms with Crippen molar-refractivity contribution in [3.63, 3.8) is 0 Å². The third-order valence-electron chi connectivity index (χ3n) is 4.29. The Balaban J connectivity index is 1.89. The van der Waals surface area contributed by atoms with E-state index in [-0.39, 0.29) is 12.3 Å². The molecule has 1 aliphatic carbocycles. The van der Waals surface area contributed by atoms with Crippen LogP contribution in [0.5, 0.6) is 0 Å². The predicted octanol–water partition coefficient (Wildman–Crippen LogP) is 1.36. The van der Waals surface area contributed by atoms with Crippen molar-refractivity contribution in [2.24, 2.45) is 11.8 Å². The van der Waals surface area contributed by atoms with Crippen molar-refractivity contribution in [1.29, 1.82) is 0 Å². The molecule has 0 spiro atoms. The average Bonchev–Trinajstić information content (AvgIpc) is 2.55. The van der Waals surface area contributed by atoms with Gasteiger partial charge < -0.3 is 10.4 Å². The first-order valence-electron chi connectivity index (χ1n) is 7.63. The van der Waals surface area contributed by atoms with Gasteiger partial charge in [-0.1, -0.05) is 12.1 Å². The maximum Gasteiger partial charge on any atom is 0.323 e. The smallest absolute Gasteiger partial charge is 0.323 e. The summed E-state index contributed by atoms with van der Waals surface area (Å²) in [7, 11) is 0. The lowest BCUT2D eigenvalue weighted by molar-refractivity contribution is -0.138. The van der Waals surface area contributed by atoms with Crippen LogP contribution in [0.15, 0.2) is 24.3 Å². The Morgan fingerprint density at radius 2 is 1.65 bits per heavy atom. The molecule has 7 nitrogen and oxygen atoms in total. The van der Waals surface area contributed by atoms with Crippen LogP contribution in [-0.4, -0.2) is 22.9 Å². The van der Waals surface area contributed by atoms with E-state index in [2.05, 4.69) is 5.32 Å². The van der Waals surface area contributed by atoms with E-state index >= 15 is 0 Å². The molecule has 5 N–H and O–H groups in total. The van der Waals surface area contributed by atoms with Crippen molar-refractivity contribution in [3.8, 4) is 0 Å². The molecular formula is C16H21N3O4. The van der Waals surface area contributed by atoms with Crippen molar-refractivity contribution in [3.05, 3.63) is 29.8 Å². The molecule has 0 heterocycles. The molecule has 2 amide bonds. The van der Waals surface area contributed by atoms with Crippen molar-refractivity contribution >= 4 is 23.5 Å². The number of carbonyl (C=O) groups excluding carboxylic acids is 2. The quantitative estimate of drug-likeness (QED) is 0.289.